The van der Waals surface area contributed by atoms with E-state index in [1.165, 1.54) is 31.2 Å². The van der Waals surface area contributed by atoms with Crippen LogP contribution in [0.15, 0.2) is 41.6 Å². The minimum Gasteiger partial charge on any atom is -0.477 e. The Morgan fingerprint density at radius 3 is 2.70 bits per heavy atom. The number of fused-ring (bicyclic) bond motifs is 4. The molecule has 1 saturated carbocycles. The van der Waals surface area contributed by atoms with Gasteiger partial charge >= 0.3 is 5.97 Å². The van der Waals surface area contributed by atoms with Gasteiger partial charge in [-0.25, -0.2) is 19.2 Å². The topological polar surface area (TPSA) is 128 Å². The van der Waals surface area contributed by atoms with Crippen LogP contribution in [0.1, 0.15) is 29.6 Å². The molecule has 1 atom stereocenters. The summed E-state index contributed by atoms with van der Waals surface area (Å²) in [7, 11) is 3.41. The second-order valence-corrected chi connectivity index (χ2v) is 10.8. The molecule has 4 N–H and O–H groups in total. The van der Waals surface area contributed by atoms with Crippen LogP contribution >= 0.6 is 0 Å². The van der Waals surface area contributed by atoms with E-state index in [0.29, 0.717) is 40.0 Å². The molecule has 11 heteroatoms. The number of aromatic nitrogens is 4. The minimum absolute atomic E-state index is 0.211. The molecule has 1 unspecified atom stereocenters. The number of carboxylic acid groups (broad SMARTS) is 1. The molecule has 0 bridgehead atoms. The fourth-order valence-electron chi connectivity index (χ4n) is 5.99. The number of nitrogens with one attached hydrogen (secondary N) is 3. The van der Waals surface area contributed by atoms with Gasteiger partial charge in [-0.2, -0.15) is 0 Å². The normalized spacial score (nSPS) is 17.4. The third kappa shape index (κ3) is 3.88. The summed E-state index contributed by atoms with van der Waals surface area (Å²) in [4.78, 5) is 39.8. The number of halogens is 1. The van der Waals surface area contributed by atoms with E-state index in [-0.39, 0.29) is 16.8 Å². The fourth-order valence-corrected chi connectivity index (χ4v) is 5.99. The number of aryl methyl sites for hydroxylation is 1. The van der Waals surface area contributed by atoms with Crippen molar-refractivity contribution in [2.75, 3.05) is 30.4 Å². The van der Waals surface area contributed by atoms with E-state index in [4.69, 9.17) is 4.98 Å². The number of benzene rings is 1. The molecule has 40 heavy (non-hydrogen) atoms. The van der Waals surface area contributed by atoms with Gasteiger partial charge in [0.05, 0.1) is 27.7 Å². The number of aromatic amines is 1. The zero-order valence-electron chi connectivity index (χ0n) is 22.1. The number of hydrogen-bond acceptors (Lipinski definition) is 7. The molecule has 0 spiro atoms. The van der Waals surface area contributed by atoms with Gasteiger partial charge in [0, 0.05) is 74.4 Å². The van der Waals surface area contributed by atoms with Crippen LogP contribution in [0.25, 0.3) is 44.1 Å². The Balaban J connectivity index is 1.49. The SMILES string of the molecule is CNc1cc(F)cc2c1[nH]c1ncc(-c3cnc4c(c3)c(=O)c(C(=O)O)cn4C)c(N3CCC(NC4CC4)C3)c12. The molecule has 1 aliphatic carbocycles. The van der Waals surface area contributed by atoms with Gasteiger partial charge in [0.15, 0.2) is 0 Å². The van der Waals surface area contributed by atoms with Crippen molar-refractivity contribution in [1.82, 2.24) is 24.8 Å². The Morgan fingerprint density at radius 1 is 1.12 bits per heavy atom. The van der Waals surface area contributed by atoms with Gasteiger partial charge in [-0.05, 0) is 37.5 Å². The smallest absolute Gasteiger partial charge is 0.341 e. The number of carboxylic acids is 1. The van der Waals surface area contributed by atoms with Crippen LogP contribution in [0, 0.1) is 5.82 Å². The molecule has 2 aliphatic rings. The molecule has 10 nitrogen and oxygen atoms in total. The van der Waals surface area contributed by atoms with E-state index in [1.54, 1.807) is 37.1 Å². The molecule has 1 aromatic carbocycles. The Kier molecular flexibility index (Phi) is 5.53. The first kappa shape index (κ1) is 24.5. The molecule has 0 radical (unpaired) electrons. The van der Waals surface area contributed by atoms with E-state index in [9.17, 15) is 19.1 Å². The summed E-state index contributed by atoms with van der Waals surface area (Å²) in [5.74, 6) is -1.65. The van der Waals surface area contributed by atoms with Crippen LogP contribution in [-0.2, 0) is 7.05 Å². The van der Waals surface area contributed by atoms with Crippen LogP contribution in [-0.4, -0.2) is 62.8 Å². The van der Waals surface area contributed by atoms with Gasteiger partial charge in [-0.15, -0.1) is 0 Å². The number of nitrogens with zero attached hydrogens (tertiary/aromatic N) is 4. The van der Waals surface area contributed by atoms with Gasteiger partial charge in [-0.1, -0.05) is 0 Å². The largest absolute Gasteiger partial charge is 0.477 e. The highest BCUT2D eigenvalue weighted by molar-refractivity contribution is 6.18. The van der Waals surface area contributed by atoms with Gasteiger partial charge in [0.1, 0.15) is 22.7 Å². The number of pyridine rings is 3. The zero-order chi connectivity index (χ0) is 27.7. The highest BCUT2D eigenvalue weighted by Crippen LogP contribution is 2.43. The number of carbonyl (C=O) groups is 1. The lowest BCUT2D eigenvalue weighted by atomic mass is 10.0. The number of aromatic carboxylic acids is 1. The maximum atomic E-state index is 14.8. The minimum atomic E-state index is -1.29. The predicted molar refractivity (Wildman–Crippen MR) is 153 cm³/mol. The number of rotatable bonds is 6. The Morgan fingerprint density at radius 2 is 1.95 bits per heavy atom. The summed E-state index contributed by atoms with van der Waals surface area (Å²) >= 11 is 0. The monoisotopic (exact) mass is 541 g/mol. The first-order valence-electron chi connectivity index (χ1n) is 13.4. The molecule has 2 fully saturated rings. The summed E-state index contributed by atoms with van der Waals surface area (Å²) in [6.45, 7) is 1.57. The van der Waals surface area contributed by atoms with E-state index < -0.39 is 11.4 Å². The summed E-state index contributed by atoms with van der Waals surface area (Å²) < 4.78 is 16.3. The lowest BCUT2D eigenvalue weighted by Gasteiger charge is -2.24. The molecule has 5 aromatic rings. The summed E-state index contributed by atoms with van der Waals surface area (Å²) in [6.07, 6.45) is 8.08. The quantitative estimate of drug-likeness (QED) is 0.255. The van der Waals surface area contributed by atoms with E-state index in [0.717, 1.165) is 41.7 Å². The third-order valence-electron chi connectivity index (χ3n) is 8.04. The van der Waals surface area contributed by atoms with Crippen LogP contribution < -0.4 is 21.0 Å². The zero-order valence-corrected chi connectivity index (χ0v) is 22.1. The average Bonchev–Trinajstić information content (AvgIpc) is 3.50. The van der Waals surface area contributed by atoms with Crippen molar-refractivity contribution in [2.24, 2.45) is 7.05 Å². The van der Waals surface area contributed by atoms with Crippen LogP contribution in [0.2, 0.25) is 0 Å². The van der Waals surface area contributed by atoms with Crippen molar-refractivity contribution in [3.8, 4) is 11.1 Å². The van der Waals surface area contributed by atoms with Crippen molar-refractivity contribution in [3.63, 3.8) is 0 Å². The standard InChI is InChI=1S/C29H28FN7O3/c1-31-22-9-15(30)8-18-23-25(37-6-5-17(12-37)34-16-3-4-16)20(11-32-27(23)35-24(18)22)14-7-19-26(38)21(29(39)40)13-36(2)28(19)33-10-14/h7-11,13,16-17,31,34H,3-6,12H2,1-2H3,(H,32,35)(H,39,40). The number of H-pyrrole nitrogens is 1. The predicted octanol–water partition coefficient (Wildman–Crippen LogP) is 3.84. The second-order valence-electron chi connectivity index (χ2n) is 10.8. The highest BCUT2D eigenvalue weighted by atomic mass is 19.1. The van der Waals surface area contributed by atoms with Gasteiger partial charge in [0.2, 0.25) is 5.43 Å². The van der Waals surface area contributed by atoms with Crippen molar-refractivity contribution < 1.29 is 14.3 Å². The number of anilines is 2. The molecular weight excluding hydrogens is 513 g/mol. The lowest BCUT2D eigenvalue weighted by Crippen LogP contribution is -2.34. The van der Waals surface area contributed by atoms with Crippen molar-refractivity contribution in [1.29, 1.82) is 0 Å². The van der Waals surface area contributed by atoms with Crippen LogP contribution in [0.3, 0.4) is 0 Å². The van der Waals surface area contributed by atoms with Crippen molar-refractivity contribution >= 4 is 50.3 Å². The molecule has 204 valence electrons. The Hall–Kier alpha value is -4.51. The molecular formula is C29H28FN7O3. The molecule has 5 heterocycles. The van der Waals surface area contributed by atoms with Crippen LogP contribution in [0.5, 0.6) is 0 Å². The summed E-state index contributed by atoms with van der Waals surface area (Å²) in [5, 5.41) is 18.1. The first-order chi connectivity index (χ1) is 19.3. The molecule has 1 saturated heterocycles. The van der Waals surface area contributed by atoms with Crippen molar-refractivity contribution in [3.05, 3.63) is 58.4 Å². The van der Waals surface area contributed by atoms with Gasteiger partial charge in [0.25, 0.3) is 0 Å². The molecule has 7 rings (SSSR count). The maximum absolute atomic E-state index is 14.8. The Labute approximate surface area is 227 Å². The maximum Gasteiger partial charge on any atom is 0.341 e. The molecule has 4 aromatic heterocycles. The highest BCUT2D eigenvalue weighted by Gasteiger charge is 2.32. The first-order valence-corrected chi connectivity index (χ1v) is 13.4. The molecule has 0 amide bonds. The second kappa shape index (κ2) is 9.02. The number of hydrogen-bond donors (Lipinski definition) is 4. The lowest BCUT2D eigenvalue weighted by molar-refractivity contribution is 0.0695. The van der Waals surface area contributed by atoms with E-state index >= 15 is 0 Å². The summed E-state index contributed by atoms with van der Waals surface area (Å²) in [5.41, 5.74) is 3.76. The van der Waals surface area contributed by atoms with Gasteiger partial charge < -0.3 is 30.2 Å². The summed E-state index contributed by atoms with van der Waals surface area (Å²) in [6, 6.07) is 5.57. The third-order valence-corrected chi connectivity index (χ3v) is 8.04. The Bertz CT molecular complexity index is 1910. The van der Waals surface area contributed by atoms with E-state index in [2.05, 4.69) is 25.5 Å². The van der Waals surface area contributed by atoms with E-state index in [1.807, 2.05) is 0 Å². The average molecular weight is 542 g/mol. The molecule has 1 aliphatic heterocycles. The van der Waals surface area contributed by atoms with Gasteiger partial charge in [-0.3, -0.25) is 4.79 Å². The van der Waals surface area contributed by atoms with Crippen LogP contribution in [0.4, 0.5) is 15.8 Å². The fraction of sp³-hybridized carbons (Fsp3) is 0.310. The van der Waals surface area contributed by atoms with Crippen molar-refractivity contribution in [2.45, 2.75) is 31.3 Å².